The Labute approximate surface area is 162 Å². The van der Waals surface area contributed by atoms with Gasteiger partial charge >= 0.3 is 0 Å². The number of hydrogen-bond donors (Lipinski definition) is 1. The zero-order valence-electron chi connectivity index (χ0n) is 14.7. The van der Waals surface area contributed by atoms with Gasteiger partial charge in [0, 0.05) is 12.4 Å². The highest BCUT2D eigenvalue weighted by atomic mass is 32.2. The average Bonchev–Trinajstić information content (AvgIpc) is 2.74. The van der Waals surface area contributed by atoms with Crippen LogP contribution in [0, 0.1) is 0 Å². The van der Waals surface area contributed by atoms with Crippen LogP contribution in [0.3, 0.4) is 0 Å². The van der Waals surface area contributed by atoms with E-state index < -0.39 is 22.5 Å². The van der Waals surface area contributed by atoms with Gasteiger partial charge in [0.1, 0.15) is 6.54 Å². The summed E-state index contributed by atoms with van der Waals surface area (Å²) in [6, 6.07) is 16.3. The Morgan fingerprint density at radius 3 is 2.50 bits per heavy atom. The van der Waals surface area contributed by atoms with Crippen molar-refractivity contribution in [3.05, 3.63) is 84.9 Å². The van der Waals surface area contributed by atoms with Gasteiger partial charge in [0.05, 0.1) is 28.7 Å². The number of rotatable bonds is 7. The third-order valence-corrected chi connectivity index (χ3v) is 5.41. The van der Waals surface area contributed by atoms with Gasteiger partial charge in [-0.05, 0) is 36.4 Å². The summed E-state index contributed by atoms with van der Waals surface area (Å²) in [5.41, 5.74) is 3.15. The van der Waals surface area contributed by atoms with Gasteiger partial charge < -0.3 is 0 Å². The maximum Gasteiger partial charge on any atom is 0.264 e. The second-order valence-electron chi connectivity index (χ2n) is 5.58. The molecule has 0 aliphatic heterocycles. The van der Waals surface area contributed by atoms with Crippen LogP contribution in [0.4, 0.5) is 5.69 Å². The summed E-state index contributed by atoms with van der Waals surface area (Å²) < 4.78 is 27.1. The smallest absolute Gasteiger partial charge is 0.264 e. The maximum atomic E-state index is 13.0. The fraction of sp³-hybridized carbons (Fsp3) is 0.0526. The molecular formula is C19H17N5O3S. The molecule has 3 aromatic rings. The maximum absolute atomic E-state index is 13.0. The van der Waals surface area contributed by atoms with Crippen LogP contribution in [0.25, 0.3) is 0 Å². The molecular weight excluding hydrogens is 378 g/mol. The summed E-state index contributed by atoms with van der Waals surface area (Å²) in [6.07, 6.45) is 5.87. The number of hydrazone groups is 1. The van der Waals surface area contributed by atoms with E-state index in [9.17, 15) is 13.2 Å². The summed E-state index contributed by atoms with van der Waals surface area (Å²) in [5.74, 6) is -0.601. The van der Waals surface area contributed by atoms with Gasteiger partial charge in [-0.1, -0.05) is 24.3 Å². The van der Waals surface area contributed by atoms with Gasteiger partial charge in [0.2, 0.25) is 0 Å². The topological polar surface area (TPSA) is 105 Å². The molecule has 0 bridgehead atoms. The molecule has 0 atom stereocenters. The van der Waals surface area contributed by atoms with Crippen LogP contribution in [0.2, 0.25) is 0 Å². The molecule has 9 heteroatoms. The van der Waals surface area contributed by atoms with Crippen LogP contribution in [-0.4, -0.2) is 37.1 Å². The third kappa shape index (κ3) is 4.77. The zero-order valence-corrected chi connectivity index (χ0v) is 15.5. The monoisotopic (exact) mass is 395 g/mol. The highest BCUT2D eigenvalue weighted by Crippen LogP contribution is 2.22. The Hall–Kier alpha value is -3.59. The molecule has 0 saturated heterocycles. The van der Waals surface area contributed by atoms with Gasteiger partial charge in [-0.2, -0.15) is 5.10 Å². The average molecular weight is 395 g/mol. The van der Waals surface area contributed by atoms with Crippen molar-refractivity contribution < 1.29 is 13.2 Å². The quantitative estimate of drug-likeness (QED) is 0.485. The molecule has 8 nitrogen and oxygen atoms in total. The minimum Gasteiger partial charge on any atom is -0.271 e. The lowest BCUT2D eigenvalue weighted by atomic mass is 10.4. The molecule has 0 radical (unpaired) electrons. The van der Waals surface area contributed by atoms with Crippen molar-refractivity contribution in [2.24, 2.45) is 5.10 Å². The molecule has 0 fully saturated rings. The Morgan fingerprint density at radius 1 is 1.04 bits per heavy atom. The molecule has 0 unspecified atom stereocenters. The minimum absolute atomic E-state index is 0.0728. The summed E-state index contributed by atoms with van der Waals surface area (Å²) in [6.45, 7) is -0.456. The number of nitrogens with zero attached hydrogens (tertiary/aromatic N) is 4. The third-order valence-electron chi connectivity index (χ3n) is 3.63. The second-order valence-corrected chi connectivity index (χ2v) is 7.45. The number of amides is 1. The van der Waals surface area contributed by atoms with Gasteiger partial charge in [0.25, 0.3) is 15.9 Å². The number of carbonyl (C=O) groups is 1. The fourth-order valence-corrected chi connectivity index (χ4v) is 3.75. The van der Waals surface area contributed by atoms with E-state index >= 15 is 0 Å². The molecule has 142 valence electrons. The largest absolute Gasteiger partial charge is 0.271 e. The SMILES string of the molecule is O=C(CN(c1cccnc1)S(=O)(=O)c1ccccc1)N/N=C\c1ccccn1. The van der Waals surface area contributed by atoms with Gasteiger partial charge in [-0.25, -0.2) is 13.8 Å². The number of hydrogen-bond acceptors (Lipinski definition) is 6. The predicted octanol–water partition coefficient (Wildman–Crippen LogP) is 1.82. The first-order valence-corrected chi connectivity index (χ1v) is 9.72. The standard InChI is InChI=1S/C19H17N5O3S/c25-19(23-22-13-16-7-4-5-12-21-16)15-24(17-8-6-11-20-14-17)28(26,27)18-9-2-1-3-10-18/h1-14H,15H2,(H,23,25)/b22-13-. The van der Waals surface area contributed by atoms with E-state index in [1.807, 2.05) is 0 Å². The lowest BCUT2D eigenvalue weighted by Crippen LogP contribution is -2.39. The van der Waals surface area contributed by atoms with Crippen molar-refractivity contribution in [1.29, 1.82) is 0 Å². The summed E-state index contributed by atoms with van der Waals surface area (Å²) in [4.78, 5) is 20.4. The number of benzene rings is 1. The zero-order chi connectivity index (χ0) is 19.8. The highest BCUT2D eigenvalue weighted by molar-refractivity contribution is 7.92. The molecule has 2 aromatic heterocycles. The summed E-state index contributed by atoms with van der Waals surface area (Å²) in [5, 5.41) is 3.82. The summed E-state index contributed by atoms with van der Waals surface area (Å²) in [7, 11) is -3.96. The Balaban J connectivity index is 1.80. The van der Waals surface area contributed by atoms with Crippen LogP contribution >= 0.6 is 0 Å². The Kier molecular flexibility index (Phi) is 6.07. The molecule has 1 aromatic carbocycles. The molecule has 28 heavy (non-hydrogen) atoms. The number of nitrogens with one attached hydrogen (secondary N) is 1. The number of carbonyl (C=O) groups excluding carboxylic acids is 1. The van der Waals surface area contributed by atoms with Crippen molar-refractivity contribution in [2.45, 2.75) is 4.90 Å². The lowest BCUT2D eigenvalue weighted by Gasteiger charge is -2.23. The van der Waals surface area contributed by atoms with Gasteiger partial charge in [-0.3, -0.25) is 19.1 Å². The van der Waals surface area contributed by atoms with Gasteiger partial charge in [0.15, 0.2) is 0 Å². The second kappa shape index (κ2) is 8.87. The van der Waals surface area contributed by atoms with Crippen LogP contribution in [0.15, 0.2) is 89.3 Å². The van der Waals surface area contributed by atoms with E-state index in [1.165, 1.54) is 30.7 Å². The van der Waals surface area contributed by atoms with Crippen LogP contribution in [0.1, 0.15) is 5.69 Å². The van der Waals surface area contributed by atoms with Crippen LogP contribution < -0.4 is 9.73 Å². The molecule has 1 N–H and O–H groups in total. The number of aromatic nitrogens is 2. The van der Waals surface area contributed by atoms with Crippen molar-refractivity contribution in [3.8, 4) is 0 Å². The van der Waals surface area contributed by atoms with E-state index in [-0.39, 0.29) is 10.6 Å². The van der Waals surface area contributed by atoms with E-state index in [2.05, 4.69) is 20.5 Å². The van der Waals surface area contributed by atoms with E-state index in [0.29, 0.717) is 5.69 Å². The minimum atomic E-state index is -3.96. The first-order chi connectivity index (χ1) is 13.6. The van der Waals surface area contributed by atoms with Crippen molar-refractivity contribution >= 4 is 27.8 Å². The van der Waals surface area contributed by atoms with Crippen LogP contribution in [-0.2, 0) is 14.8 Å². The molecule has 3 rings (SSSR count). The Morgan fingerprint density at radius 2 is 1.82 bits per heavy atom. The number of anilines is 1. The first-order valence-electron chi connectivity index (χ1n) is 8.28. The van der Waals surface area contributed by atoms with Crippen molar-refractivity contribution in [2.75, 3.05) is 10.8 Å². The lowest BCUT2D eigenvalue weighted by molar-refractivity contribution is -0.119. The normalized spacial score (nSPS) is 11.3. The number of pyridine rings is 2. The summed E-state index contributed by atoms with van der Waals surface area (Å²) >= 11 is 0. The van der Waals surface area contributed by atoms with Crippen molar-refractivity contribution in [1.82, 2.24) is 15.4 Å². The number of sulfonamides is 1. The molecule has 0 saturated carbocycles. The highest BCUT2D eigenvalue weighted by Gasteiger charge is 2.27. The fourth-order valence-electron chi connectivity index (χ4n) is 2.32. The van der Waals surface area contributed by atoms with Crippen molar-refractivity contribution in [3.63, 3.8) is 0 Å². The predicted molar refractivity (Wildman–Crippen MR) is 105 cm³/mol. The van der Waals surface area contributed by atoms with E-state index in [0.717, 1.165) is 4.31 Å². The molecule has 1 amide bonds. The van der Waals surface area contributed by atoms with E-state index in [1.54, 1.807) is 54.7 Å². The Bertz CT molecular complexity index is 1040. The molecule has 0 aliphatic carbocycles. The molecule has 0 spiro atoms. The molecule has 2 heterocycles. The molecule has 0 aliphatic rings. The van der Waals surface area contributed by atoms with Gasteiger partial charge in [-0.15, -0.1) is 0 Å². The first kappa shape index (κ1) is 19.2. The van der Waals surface area contributed by atoms with Crippen LogP contribution in [0.5, 0.6) is 0 Å². The van der Waals surface area contributed by atoms with E-state index in [4.69, 9.17) is 0 Å².